The molecule has 0 aliphatic carbocycles. The van der Waals surface area contributed by atoms with Gasteiger partial charge in [-0.15, -0.1) is 0 Å². The fourth-order valence-corrected chi connectivity index (χ4v) is 4.63. The van der Waals surface area contributed by atoms with Crippen molar-refractivity contribution in [1.82, 2.24) is 20.0 Å². The highest BCUT2D eigenvalue weighted by Crippen LogP contribution is 2.30. The van der Waals surface area contributed by atoms with Crippen molar-refractivity contribution in [2.75, 3.05) is 26.2 Å². The monoisotopic (exact) mass is 428 g/mol. The smallest absolute Gasteiger partial charge is 0.257 e. The van der Waals surface area contributed by atoms with Crippen molar-refractivity contribution in [3.8, 4) is 0 Å². The molecular formula is C23H29FN4O3. The van der Waals surface area contributed by atoms with Crippen LogP contribution in [0.5, 0.6) is 0 Å². The van der Waals surface area contributed by atoms with Crippen molar-refractivity contribution in [1.29, 1.82) is 0 Å². The number of hydrogen-bond acceptors (Lipinski definition) is 4. The number of hydrogen-bond donors (Lipinski definition) is 1. The molecule has 2 amide bonds. The van der Waals surface area contributed by atoms with Crippen molar-refractivity contribution in [3.05, 3.63) is 53.1 Å². The number of aromatic amines is 1. The summed E-state index contributed by atoms with van der Waals surface area (Å²) in [6.07, 6.45) is 3.16. The van der Waals surface area contributed by atoms with Gasteiger partial charge < -0.3 is 14.5 Å². The first-order valence-electron chi connectivity index (χ1n) is 10.9. The second-order valence-electron chi connectivity index (χ2n) is 8.59. The van der Waals surface area contributed by atoms with Crippen LogP contribution in [0.15, 0.2) is 30.5 Å². The number of aromatic nitrogens is 2. The molecule has 0 saturated carbocycles. The van der Waals surface area contributed by atoms with E-state index in [4.69, 9.17) is 4.74 Å². The molecule has 1 N–H and O–H groups in total. The Morgan fingerprint density at radius 2 is 1.81 bits per heavy atom. The highest BCUT2D eigenvalue weighted by atomic mass is 19.1. The van der Waals surface area contributed by atoms with Gasteiger partial charge in [0.25, 0.3) is 5.91 Å². The fourth-order valence-electron chi connectivity index (χ4n) is 4.63. The summed E-state index contributed by atoms with van der Waals surface area (Å²) in [6.45, 7) is 6.24. The summed E-state index contributed by atoms with van der Waals surface area (Å²) < 4.78 is 19.6. The van der Waals surface area contributed by atoms with Crippen LogP contribution in [0, 0.1) is 5.82 Å². The van der Waals surface area contributed by atoms with E-state index in [2.05, 4.69) is 10.2 Å². The second-order valence-corrected chi connectivity index (χ2v) is 8.59. The number of benzene rings is 1. The lowest BCUT2D eigenvalue weighted by atomic mass is 9.90. The Balaban J connectivity index is 1.38. The fraction of sp³-hybridized carbons (Fsp3) is 0.522. The van der Waals surface area contributed by atoms with E-state index >= 15 is 0 Å². The third kappa shape index (κ3) is 4.79. The molecule has 4 rings (SSSR count). The van der Waals surface area contributed by atoms with Crippen molar-refractivity contribution in [2.45, 2.75) is 51.2 Å². The van der Waals surface area contributed by atoms with Gasteiger partial charge in [-0.05, 0) is 38.3 Å². The molecule has 7 nitrogen and oxygen atoms in total. The van der Waals surface area contributed by atoms with Crippen LogP contribution in [-0.2, 0) is 16.0 Å². The molecule has 31 heavy (non-hydrogen) atoms. The average molecular weight is 429 g/mol. The van der Waals surface area contributed by atoms with Gasteiger partial charge >= 0.3 is 0 Å². The minimum absolute atomic E-state index is 0.00625. The lowest BCUT2D eigenvalue weighted by Crippen LogP contribution is -2.48. The first-order valence-corrected chi connectivity index (χ1v) is 10.9. The molecule has 0 bridgehead atoms. The Labute approximate surface area is 181 Å². The third-order valence-corrected chi connectivity index (χ3v) is 6.16. The summed E-state index contributed by atoms with van der Waals surface area (Å²) in [5.41, 5.74) is 1.88. The average Bonchev–Trinajstić information content (AvgIpc) is 3.24. The van der Waals surface area contributed by atoms with Gasteiger partial charge in [0, 0.05) is 32.1 Å². The predicted molar refractivity (Wildman–Crippen MR) is 113 cm³/mol. The van der Waals surface area contributed by atoms with Crippen LogP contribution >= 0.6 is 0 Å². The summed E-state index contributed by atoms with van der Waals surface area (Å²) >= 11 is 0. The maximum absolute atomic E-state index is 13.9. The summed E-state index contributed by atoms with van der Waals surface area (Å²) in [4.78, 5) is 29.4. The van der Waals surface area contributed by atoms with Gasteiger partial charge in [0.1, 0.15) is 5.82 Å². The molecule has 0 spiro atoms. The largest absolute Gasteiger partial charge is 0.372 e. The van der Waals surface area contributed by atoms with Crippen LogP contribution in [0.3, 0.4) is 0 Å². The molecule has 3 heterocycles. The lowest BCUT2D eigenvalue weighted by molar-refractivity contribution is -0.131. The molecule has 2 aliphatic heterocycles. The van der Waals surface area contributed by atoms with E-state index in [1.54, 1.807) is 29.3 Å². The summed E-state index contributed by atoms with van der Waals surface area (Å²) in [6, 6.07) is 6.39. The van der Waals surface area contributed by atoms with E-state index < -0.39 is 0 Å². The number of piperidine rings is 1. The first-order chi connectivity index (χ1) is 14.9. The zero-order valence-electron chi connectivity index (χ0n) is 18.0. The van der Waals surface area contributed by atoms with Crippen LogP contribution < -0.4 is 0 Å². The van der Waals surface area contributed by atoms with E-state index in [0.717, 1.165) is 18.5 Å². The highest BCUT2D eigenvalue weighted by molar-refractivity contribution is 5.95. The van der Waals surface area contributed by atoms with E-state index in [1.165, 1.54) is 6.07 Å². The molecule has 1 aromatic heterocycles. The van der Waals surface area contributed by atoms with Crippen LogP contribution in [-0.4, -0.2) is 70.2 Å². The third-order valence-electron chi connectivity index (χ3n) is 6.16. The topological polar surface area (TPSA) is 78.5 Å². The van der Waals surface area contributed by atoms with Gasteiger partial charge in [0.15, 0.2) is 0 Å². The number of nitrogens with zero attached hydrogens (tertiary/aromatic N) is 3. The number of halogens is 1. The zero-order valence-corrected chi connectivity index (χ0v) is 18.0. The number of nitrogens with one attached hydrogen (secondary N) is 1. The van der Waals surface area contributed by atoms with Crippen molar-refractivity contribution < 1.29 is 18.7 Å². The van der Waals surface area contributed by atoms with Crippen molar-refractivity contribution >= 4 is 11.8 Å². The number of carbonyl (C=O) groups excluding carboxylic acids is 2. The Hall–Kier alpha value is -2.74. The molecule has 2 aromatic rings. The Kier molecular flexibility index (Phi) is 6.36. The number of carbonyl (C=O) groups is 2. The number of morpholine rings is 1. The van der Waals surface area contributed by atoms with Crippen LogP contribution in [0.1, 0.15) is 54.2 Å². The predicted octanol–water partition coefficient (Wildman–Crippen LogP) is 2.75. The van der Waals surface area contributed by atoms with E-state index in [9.17, 15) is 14.0 Å². The standard InChI is InChI=1S/C23H29FN4O3/c1-15-13-28(14-16(2)31-15)23(30)19-12-25-26-22(19)17-7-9-27(10-8-17)21(29)11-18-5-3-4-6-20(18)24/h3-6,12,15-17H,7-11,13-14H2,1-2H3,(H,25,26)/t15-,16-/m1/s1. The van der Waals surface area contributed by atoms with Crippen LogP contribution in [0.2, 0.25) is 0 Å². The van der Waals surface area contributed by atoms with Gasteiger partial charge in [-0.3, -0.25) is 14.7 Å². The van der Waals surface area contributed by atoms with E-state index in [1.807, 2.05) is 18.7 Å². The molecule has 2 aliphatic rings. The normalized spacial score (nSPS) is 22.5. The molecule has 8 heteroatoms. The van der Waals surface area contributed by atoms with Crippen LogP contribution in [0.25, 0.3) is 0 Å². The van der Waals surface area contributed by atoms with E-state index in [0.29, 0.717) is 37.3 Å². The minimum atomic E-state index is -0.349. The molecule has 1 aromatic carbocycles. The number of H-pyrrole nitrogens is 1. The summed E-state index contributed by atoms with van der Waals surface area (Å²) in [5.74, 6) is -0.308. The lowest BCUT2D eigenvalue weighted by Gasteiger charge is -2.36. The maximum atomic E-state index is 13.9. The summed E-state index contributed by atoms with van der Waals surface area (Å²) in [7, 11) is 0. The van der Waals surface area contributed by atoms with Crippen molar-refractivity contribution in [2.24, 2.45) is 0 Å². The molecule has 0 radical (unpaired) electrons. The molecule has 0 unspecified atom stereocenters. The molecule has 166 valence electrons. The van der Waals surface area contributed by atoms with E-state index in [-0.39, 0.29) is 42.2 Å². The summed E-state index contributed by atoms with van der Waals surface area (Å²) in [5, 5.41) is 7.17. The number of amides is 2. The Morgan fingerprint density at radius 3 is 2.48 bits per heavy atom. The number of rotatable bonds is 4. The highest BCUT2D eigenvalue weighted by Gasteiger charge is 2.32. The van der Waals surface area contributed by atoms with Gasteiger partial charge in [0.2, 0.25) is 5.91 Å². The van der Waals surface area contributed by atoms with Gasteiger partial charge in [-0.2, -0.15) is 5.10 Å². The van der Waals surface area contributed by atoms with Crippen LogP contribution in [0.4, 0.5) is 4.39 Å². The van der Waals surface area contributed by atoms with Gasteiger partial charge in [0.05, 0.1) is 36.1 Å². The second kappa shape index (κ2) is 9.18. The maximum Gasteiger partial charge on any atom is 0.257 e. The van der Waals surface area contributed by atoms with Gasteiger partial charge in [-0.1, -0.05) is 18.2 Å². The molecule has 2 fully saturated rings. The number of ether oxygens (including phenoxy) is 1. The SMILES string of the molecule is C[C@@H]1CN(C(=O)c2cn[nH]c2C2CCN(C(=O)Cc3ccccc3F)CC2)C[C@@H](C)O1. The molecular weight excluding hydrogens is 399 g/mol. The Bertz CT molecular complexity index is 928. The van der Waals surface area contributed by atoms with Crippen molar-refractivity contribution in [3.63, 3.8) is 0 Å². The number of likely N-dealkylation sites (tertiary alicyclic amines) is 1. The first kappa shape index (κ1) is 21.5. The minimum Gasteiger partial charge on any atom is -0.372 e. The molecule has 2 saturated heterocycles. The zero-order chi connectivity index (χ0) is 22.0. The van der Waals surface area contributed by atoms with Gasteiger partial charge in [-0.25, -0.2) is 4.39 Å². The Morgan fingerprint density at radius 1 is 1.13 bits per heavy atom. The quantitative estimate of drug-likeness (QED) is 0.812. The molecule has 2 atom stereocenters.